The predicted molar refractivity (Wildman–Crippen MR) is 82.6 cm³/mol. The molecule has 1 rings (SSSR count). The Hall–Kier alpha value is -0.120. The zero-order valence-electron chi connectivity index (χ0n) is 13.7. The molecular weight excluding hydrogens is 236 g/mol. The molecule has 1 aliphatic rings. The summed E-state index contributed by atoms with van der Waals surface area (Å²) >= 11 is 0. The standard InChI is InChI=1S/C16H34N2O/c1-14-11-15(13-16(2,3)12-14)19-10-8-17-7-6-9-18(4)5/h14-15,17H,6-13H2,1-5H3. The maximum absolute atomic E-state index is 6.04. The van der Waals surface area contributed by atoms with Gasteiger partial charge in [0.1, 0.15) is 0 Å². The average molecular weight is 270 g/mol. The minimum Gasteiger partial charge on any atom is -0.377 e. The van der Waals surface area contributed by atoms with Crippen LogP contribution in [0.1, 0.15) is 46.5 Å². The summed E-state index contributed by atoms with van der Waals surface area (Å²) in [5.41, 5.74) is 0.460. The summed E-state index contributed by atoms with van der Waals surface area (Å²) in [6.07, 6.45) is 5.49. The predicted octanol–water partition coefficient (Wildman–Crippen LogP) is 2.76. The second-order valence-corrected chi connectivity index (χ2v) is 7.31. The van der Waals surface area contributed by atoms with Crippen LogP contribution in [0.15, 0.2) is 0 Å². The first kappa shape index (κ1) is 16.9. The molecule has 0 aromatic carbocycles. The van der Waals surface area contributed by atoms with Crippen LogP contribution in [0, 0.1) is 11.3 Å². The van der Waals surface area contributed by atoms with Gasteiger partial charge in [-0.2, -0.15) is 0 Å². The topological polar surface area (TPSA) is 24.5 Å². The molecule has 0 heterocycles. The third kappa shape index (κ3) is 7.91. The smallest absolute Gasteiger partial charge is 0.0594 e. The molecule has 1 fully saturated rings. The quantitative estimate of drug-likeness (QED) is 0.686. The van der Waals surface area contributed by atoms with Crippen LogP contribution < -0.4 is 5.32 Å². The van der Waals surface area contributed by atoms with Crippen LogP contribution in [0.2, 0.25) is 0 Å². The normalized spacial score (nSPS) is 26.8. The van der Waals surface area contributed by atoms with Crippen LogP contribution in [-0.4, -0.2) is 51.3 Å². The van der Waals surface area contributed by atoms with Crippen molar-refractivity contribution in [3.05, 3.63) is 0 Å². The fourth-order valence-electron chi connectivity index (χ4n) is 3.33. The highest BCUT2D eigenvalue weighted by Crippen LogP contribution is 2.39. The van der Waals surface area contributed by atoms with Crippen LogP contribution in [0.5, 0.6) is 0 Å². The van der Waals surface area contributed by atoms with Gasteiger partial charge in [0, 0.05) is 6.54 Å². The van der Waals surface area contributed by atoms with E-state index in [0.717, 1.165) is 32.2 Å². The maximum Gasteiger partial charge on any atom is 0.0594 e. The molecule has 19 heavy (non-hydrogen) atoms. The van der Waals surface area contributed by atoms with Crippen LogP contribution >= 0.6 is 0 Å². The Bertz CT molecular complexity index is 241. The van der Waals surface area contributed by atoms with E-state index in [9.17, 15) is 0 Å². The van der Waals surface area contributed by atoms with Crippen LogP contribution in [-0.2, 0) is 4.74 Å². The van der Waals surface area contributed by atoms with Crippen molar-refractivity contribution in [1.29, 1.82) is 0 Å². The molecule has 2 unspecified atom stereocenters. The SMILES string of the molecule is CC1CC(OCCNCCCN(C)C)CC(C)(C)C1. The van der Waals surface area contributed by atoms with Crippen molar-refractivity contribution in [2.24, 2.45) is 11.3 Å². The molecule has 0 aliphatic heterocycles. The zero-order valence-corrected chi connectivity index (χ0v) is 13.7. The number of hydrogen-bond donors (Lipinski definition) is 1. The molecule has 0 radical (unpaired) electrons. The lowest BCUT2D eigenvalue weighted by atomic mass is 9.71. The monoisotopic (exact) mass is 270 g/mol. The molecular formula is C16H34N2O. The largest absolute Gasteiger partial charge is 0.377 e. The van der Waals surface area contributed by atoms with Gasteiger partial charge in [-0.1, -0.05) is 20.8 Å². The molecule has 3 heteroatoms. The molecule has 1 N–H and O–H groups in total. The zero-order chi connectivity index (χ0) is 14.3. The van der Waals surface area contributed by atoms with E-state index in [-0.39, 0.29) is 0 Å². The van der Waals surface area contributed by atoms with Gasteiger partial charge in [-0.15, -0.1) is 0 Å². The summed E-state index contributed by atoms with van der Waals surface area (Å²) in [5, 5.41) is 3.46. The first-order valence-corrected chi connectivity index (χ1v) is 7.86. The van der Waals surface area contributed by atoms with E-state index < -0.39 is 0 Å². The number of nitrogens with zero attached hydrogens (tertiary/aromatic N) is 1. The van der Waals surface area contributed by atoms with E-state index in [1.165, 1.54) is 25.7 Å². The molecule has 0 aromatic heterocycles. The minimum atomic E-state index is 0.460. The molecule has 114 valence electrons. The van der Waals surface area contributed by atoms with Gasteiger partial charge in [0.25, 0.3) is 0 Å². The molecule has 0 spiro atoms. The van der Waals surface area contributed by atoms with E-state index in [2.05, 4.69) is 45.1 Å². The van der Waals surface area contributed by atoms with Gasteiger partial charge in [0.2, 0.25) is 0 Å². The van der Waals surface area contributed by atoms with Crippen molar-refractivity contribution in [2.45, 2.75) is 52.6 Å². The second kappa shape index (κ2) is 8.23. The summed E-state index contributed by atoms with van der Waals surface area (Å²) < 4.78 is 6.04. The molecule has 3 nitrogen and oxygen atoms in total. The third-order valence-electron chi connectivity index (χ3n) is 3.94. The lowest BCUT2D eigenvalue weighted by Gasteiger charge is -2.38. The van der Waals surface area contributed by atoms with Gasteiger partial charge < -0.3 is 15.0 Å². The van der Waals surface area contributed by atoms with E-state index in [1.54, 1.807) is 0 Å². The fourth-order valence-corrected chi connectivity index (χ4v) is 3.33. The summed E-state index contributed by atoms with van der Waals surface area (Å²) in [7, 11) is 4.24. The van der Waals surface area contributed by atoms with E-state index in [1.807, 2.05) is 0 Å². The summed E-state index contributed by atoms with van der Waals surface area (Å²) in [5.74, 6) is 0.807. The summed E-state index contributed by atoms with van der Waals surface area (Å²) in [4.78, 5) is 2.23. The van der Waals surface area contributed by atoms with Crippen molar-refractivity contribution >= 4 is 0 Å². The lowest BCUT2D eigenvalue weighted by Crippen LogP contribution is -2.34. The molecule has 1 aliphatic carbocycles. The number of ether oxygens (including phenoxy) is 1. The van der Waals surface area contributed by atoms with Crippen molar-refractivity contribution in [1.82, 2.24) is 10.2 Å². The average Bonchev–Trinajstić information content (AvgIpc) is 2.24. The van der Waals surface area contributed by atoms with Gasteiger partial charge in [-0.3, -0.25) is 0 Å². The van der Waals surface area contributed by atoms with Crippen LogP contribution in [0.3, 0.4) is 0 Å². The Morgan fingerprint density at radius 2 is 1.95 bits per heavy atom. The number of rotatable bonds is 8. The molecule has 0 saturated heterocycles. The Balaban J connectivity index is 2.03. The molecule has 0 bridgehead atoms. The van der Waals surface area contributed by atoms with Crippen molar-refractivity contribution in [2.75, 3.05) is 40.3 Å². The first-order valence-electron chi connectivity index (χ1n) is 7.86. The molecule has 0 amide bonds. The van der Waals surface area contributed by atoms with Gasteiger partial charge in [0.05, 0.1) is 12.7 Å². The van der Waals surface area contributed by atoms with Crippen molar-refractivity contribution in [3.63, 3.8) is 0 Å². The van der Waals surface area contributed by atoms with Gasteiger partial charge >= 0.3 is 0 Å². The highest BCUT2D eigenvalue weighted by Gasteiger charge is 2.32. The van der Waals surface area contributed by atoms with E-state index >= 15 is 0 Å². The van der Waals surface area contributed by atoms with Gasteiger partial charge in [-0.25, -0.2) is 0 Å². The highest BCUT2D eigenvalue weighted by molar-refractivity contribution is 4.83. The van der Waals surface area contributed by atoms with Gasteiger partial charge in [0.15, 0.2) is 0 Å². The molecule has 0 aromatic rings. The first-order chi connectivity index (χ1) is 8.89. The second-order valence-electron chi connectivity index (χ2n) is 7.31. The van der Waals surface area contributed by atoms with Crippen molar-refractivity contribution in [3.8, 4) is 0 Å². The Morgan fingerprint density at radius 3 is 2.58 bits per heavy atom. The Labute approximate surface area is 120 Å². The third-order valence-corrected chi connectivity index (χ3v) is 3.94. The molecule has 1 saturated carbocycles. The van der Waals surface area contributed by atoms with Crippen LogP contribution in [0.25, 0.3) is 0 Å². The summed E-state index contributed by atoms with van der Waals surface area (Å²) in [6, 6.07) is 0. The molecule has 2 atom stereocenters. The fraction of sp³-hybridized carbons (Fsp3) is 1.00. The van der Waals surface area contributed by atoms with Crippen LogP contribution in [0.4, 0.5) is 0 Å². The Kier molecular flexibility index (Phi) is 7.33. The highest BCUT2D eigenvalue weighted by atomic mass is 16.5. The van der Waals surface area contributed by atoms with Crippen molar-refractivity contribution < 1.29 is 4.74 Å². The summed E-state index contributed by atoms with van der Waals surface area (Å²) in [6.45, 7) is 11.2. The maximum atomic E-state index is 6.04. The minimum absolute atomic E-state index is 0.460. The Morgan fingerprint density at radius 1 is 1.21 bits per heavy atom. The van der Waals surface area contributed by atoms with E-state index in [0.29, 0.717) is 11.5 Å². The van der Waals surface area contributed by atoms with E-state index in [4.69, 9.17) is 4.74 Å². The lowest BCUT2D eigenvalue weighted by molar-refractivity contribution is -0.0213. The number of hydrogen-bond acceptors (Lipinski definition) is 3. The van der Waals surface area contributed by atoms with Gasteiger partial charge in [-0.05, 0) is 64.2 Å². The number of nitrogens with one attached hydrogen (secondary N) is 1.